The Kier molecular flexibility index (Phi) is 3.47. The molecule has 22 heavy (non-hydrogen) atoms. The van der Waals surface area contributed by atoms with Crippen LogP contribution in [0.4, 0.5) is 0 Å². The molecule has 114 valence electrons. The highest BCUT2D eigenvalue weighted by atomic mass is 16.3. The minimum atomic E-state index is -0.316. The zero-order chi connectivity index (χ0) is 15.1. The number of hydrogen-bond donors (Lipinski definition) is 1. The second-order valence-electron chi connectivity index (χ2n) is 6.61. The second kappa shape index (κ2) is 5.49. The van der Waals surface area contributed by atoms with Gasteiger partial charge in [0.2, 0.25) is 0 Å². The first kappa shape index (κ1) is 13.9. The molecule has 2 bridgehead atoms. The van der Waals surface area contributed by atoms with Gasteiger partial charge >= 0.3 is 0 Å². The van der Waals surface area contributed by atoms with Crippen LogP contribution in [-0.4, -0.2) is 34.2 Å². The molecule has 3 nitrogen and oxygen atoms in total. The van der Waals surface area contributed by atoms with Crippen LogP contribution in [0, 0.1) is 11.8 Å². The van der Waals surface area contributed by atoms with Gasteiger partial charge < -0.3 is 5.11 Å². The fraction of sp³-hybridized carbons (Fsp3) is 0.421. The van der Waals surface area contributed by atoms with Crippen LogP contribution >= 0.6 is 0 Å². The van der Waals surface area contributed by atoms with Gasteiger partial charge in [0.25, 0.3) is 0 Å². The van der Waals surface area contributed by atoms with Crippen LogP contribution in [-0.2, 0) is 0 Å². The molecular weight excluding hydrogens is 272 g/mol. The number of nitrogens with zero attached hydrogens (tertiary/aromatic N) is 2. The van der Waals surface area contributed by atoms with Gasteiger partial charge in [-0.25, -0.2) is 0 Å². The van der Waals surface area contributed by atoms with E-state index in [4.69, 9.17) is 0 Å². The van der Waals surface area contributed by atoms with Gasteiger partial charge in [-0.15, -0.1) is 6.58 Å². The van der Waals surface area contributed by atoms with Crippen molar-refractivity contribution in [2.24, 2.45) is 11.8 Å². The summed E-state index contributed by atoms with van der Waals surface area (Å²) in [5, 5.41) is 12.0. The number of rotatable bonds is 2. The minimum Gasteiger partial charge on any atom is -0.391 e. The number of aliphatic hydroxyl groups excluding tert-OH is 1. The third kappa shape index (κ3) is 2.16. The van der Waals surface area contributed by atoms with Crippen LogP contribution in [0.2, 0.25) is 0 Å². The Labute approximate surface area is 131 Å². The SMILES string of the molecule is C=C[C@@H]1CN2CC[C@H]1C[C@@H](O)[C@H]2c1ccnc2ccccc12. The van der Waals surface area contributed by atoms with Crippen LogP contribution in [0.3, 0.4) is 0 Å². The Morgan fingerprint density at radius 3 is 3.00 bits per heavy atom. The van der Waals surface area contributed by atoms with E-state index in [1.807, 2.05) is 18.3 Å². The maximum atomic E-state index is 10.9. The zero-order valence-corrected chi connectivity index (χ0v) is 12.7. The quantitative estimate of drug-likeness (QED) is 0.864. The van der Waals surface area contributed by atoms with Gasteiger partial charge in [-0.2, -0.15) is 0 Å². The van der Waals surface area contributed by atoms with Crippen LogP contribution < -0.4 is 0 Å². The van der Waals surface area contributed by atoms with Crippen molar-refractivity contribution in [3.63, 3.8) is 0 Å². The van der Waals surface area contributed by atoms with Crippen molar-refractivity contribution in [1.29, 1.82) is 0 Å². The van der Waals surface area contributed by atoms with Crippen molar-refractivity contribution in [1.82, 2.24) is 9.88 Å². The molecule has 3 aliphatic rings. The van der Waals surface area contributed by atoms with Gasteiger partial charge in [-0.3, -0.25) is 9.88 Å². The molecule has 1 aromatic carbocycles. The van der Waals surface area contributed by atoms with Crippen molar-refractivity contribution < 1.29 is 5.11 Å². The predicted molar refractivity (Wildman–Crippen MR) is 88.5 cm³/mol. The third-order valence-electron chi connectivity index (χ3n) is 5.44. The molecule has 2 aromatic rings. The minimum absolute atomic E-state index is 0.0721. The van der Waals surface area contributed by atoms with Crippen molar-refractivity contribution >= 4 is 10.9 Å². The lowest BCUT2D eigenvalue weighted by Gasteiger charge is -2.37. The second-order valence-corrected chi connectivity index (χ2v) is 6.61. The number of pyridine rings is 1. The van der Waals surface area contributed by atoms with Gasteiger partial charge in [-0.05, 0) is 48.9 Å². The molecule has 3 saturated heterocycles. The summed E-state index contributed by atoms with van der Waals surface area (Å²) >= 11 is 0. The lowest BCUT2D eigenvalue weighted by molar-refractivity contribution is 0.0641. The first-order chi connectivity index (χ1) is 10.8. The molecule has 0 radical (unpaired) electrons. The van der Waals surface area contributed by atoms with E-state index < -0.39 is 0 Å². The first-order valence-corrected chi connectivity index (χ1v) is 8.16. The first-order valence-electron chi connectivity index (χ1n) is 8.16. The molecule has 5 rings (SSSR count). The fourth-order valence-corrected chi connectivity index (χ4v) is 4.33. The van der Waals surface area contributed by atoms with Crippen LogP contribution in [0.15, 0.2) is 49.2 Å². The number of fused-ring (bicyclic) bond motifs is 5. The summed E-state index contributed by atoms with van der Waals surface area (Å²) in [6, 6.07) is 10.4. The summed E-state index contributed by atoms with van der Waals surface area (Å²) in [6.07, 6.45) is 5.66. The van der Waals surface area contributed by atoms with Crippen LogP contribution in [0.1, 0.15) is 24.4 Å². The van der Waals surface area contributed by atoms with E-state index in [2.05, 4.69) is 40.7 Å². The summed E-state index contributed by atoms with van der Waals surface area (Å²) in [4.78, 5) is 6.91. The predicted octanol–water partition coefficient (Wildman–Crippen LogP) is 3.16. The molecule has 4 heterocycles. The number of benzene rings is 1. The topological polar surface area (TPSA) is 36.4 Å². The molecule has 3 aliphatic heterocycles. The molecule has 0 aliphatic carbocycles. The average molecular weight is 294 g/mol. The number of hydrogen-bond acceptors (Lipinski definition) is 3. The summed E-state index contributed by atoms with van der Waals surface area (Å²) in [7, 11) is 0. The molecule has 3 fully saturated rings. The number of piperidine rings is 1. The Balaban J connectivity index is 1.81. The monoisotopic (exact) mass is 294 g/mol. The summed E-state index contributed by atoms with van der Waals surface area (Å²) in [5.41, 5.74) is 2.22. The van der Waals surface area contributed by atoms with Crippen molar-refractivity contribution in [2.75, 3.05) is 13.1 Å². The highest BCUT2D eigenvalue weighted by molar-refractivity contribution is 5.82. The fourth-order valence-electron chi connectivity index (χ4n) is 4.33. The van der Waals surface area contributed by atoms with Gasteiger partial charge in [0.05, 0.1) is 17.7 Å². The largest absolute Gasteiger partial charge is 0.391 e. The third-order valence-corrected chi connectivity index (χ3v) is 5.44. The summed E-state index contributed by atoms with van der Waals surface area (Å²) in [6.45, 7) is 6.07. The van der Waals surface area contributed by atoms with Crippen molar-refractivity contribution in [3.05, 3.63) is 54.7 Å². The highest BCUT2D eigenvalue weighted by Gasteiger charge is 2.41. The van der Waals surface area contributed by atoms with Crippen molar-refractivity contribution in [3.8, 4) is 0 Å². The van der Waals surface area contributed by atoms with E-state index in [1.54, 1.807) is 0 Å². The molecule has 3 heteroatoms. The molecule has 0 saturated carbocycles. The summed E-state index contributed by atoms with van der Waals surface area (Å²) < 4.78 is 0. The maximum absolute atomic E-state index is 10.9. The Bertz CT molecular complexity index is 693. The highest BCUT2D eigenvalue weighted by Crippen LogP contribution is 2.42. The van der Waals surface area contributed by atoms with Gasteiger partial charge in [0.1, 0.15) is 0 Å². The van der Waals surface area contributed by atoms with Crippen LogP contribution in [0.25, 0.3) is 10.9 Å². The summed E-state index contributed by atoms with van der Waals surface area (Å²) in [5.74, 6) is 1.07. The Morgan fingerprint density at radius 2 is 2.14 bits per heavy atom. The molecule has 1 aromatic heterocycles. The Morgan fingerprint density at radius 1 is 1.27 bits per heavy atom. The number of aliphatic hydroxyl groups is 1. The zero-order valence-electron chi connectivity index (χ0n) is 12.7. The van der Waals surface area contributed by atoms with E-state index in [0.717, 1.165) is 36.8 Å². The molecular formula is C19H22N2O. The molecule has 1 unspecified atom stereocenters. The van der Waals surface area contributed by atoms with E-state index in [0.29, 0.717) is 11.8 Å². The smallest absolute Gasteiger partial charge is 0.0740 e. The van der Waals surface area contributed by atoms with E-state index in [-0.39, 0.29) is 12.1 Å². The molecule has 1 N–H and O–H groups in total. The average Bonchev–Trinajstić information content (AvgIpc) is 2.79. The standard InChI is InChI=1S/C19H22N2O/c1-2-13-12-21-10-8-14(13)11-18(22)19(21)16-7-9-20-17-6-4-3-5-15(16)17/h2-7,9,13-14,18-19,22H,1,8,10-12H2/t13-,14+,18-,19-/m1/s1. The maximum Gasteiger partial charge on any atom is 0.0740 e. The van der Waals surface area contributed by atoms with Crippen molar-refractivity contribution in [2.45, 2.75) is 25.0 Å². The molecule has 0 spiro atoms. The normalized spacial score (nSPS) is 34.5. The van der Waals surface area contributed by atoms with Gasteiger partial charge in [0, 0.05) is 18.1 Å². The van der Waals surface area contributed by atoms with Gasteiger partial charge in [0.15, 0.2) is 0 Å². The van der Waals surface area contributed by atoms with Crippen LogP contribution in [0.5, 0.6) is 0 Å². The number of aromatic nitrogens is 1. The van der Waals surface area contributed by atoms with E-state index in [9.17, 15) is 5.11 Å². The number of para-hydroxylation sites is 1. The Hall–Kier alpha value is -1.71. The lowest BCUT2D eigenvalue weighted by atomic mass is 9.84. The molecule has 5 atom stereocenters. The van der Waals surface area contributed by atoms with E-state index in [1.165, 1.54) is 5.56 Å². The van der Waals surface area contributed by atoms with E-state index >= 15 is 0 Å². The molecule has 0 amide bonds. The lowest BCUT2D eigenvalue weighted by Crippen LogP contribution is -2.39. The van der Waals surface area contributed by atoms with Gasteiger partial charge in [-0.1, -0.05) is 24.3 Å².